The highest BCUT2D eigenvalue weighted by Crippen LogP contribution is 2.61. The Morgan fingerprint density at radius 3 is 2.86 bits per heavy atom. The fourth-order valence-electron chi connectivity index (χ4n) is 5.55. The van der Waals surface area contributed by atoms with Crippen LogP contribution in [0.25, 0.3) is 0 Å². The first-order valence-electron chi connectivity index (χ1n) is 8.79. The number of fused-ring (bicyclic) bond motifs is 1. The number of aryl methyl sites for hydroxylation is 1. The highest BCUT2D eigenvalue weighted by Gasteiger charge is 2.53. The van der Waals surface area contributed by atoms with Crippen molar-refractivity contribution < 1.29 is 9.52 Å². The molecule has 0 bridgehead atoms. The molecule has 0 spiro atoms. The van der Waals surface area contributed by atoms with Gasteiger partial charge < -0.3 is 9.52 Å². The Morgan fingerprint density at radius 2 is 2.18 bits per heavy atom. The molecule has 2 saturated carbocycles. The number of hydrogen-bond acceptors (Lipinski definition) is 2. The minimum atomic E-state index is 0.0988. The van der Waals surface area contributed by atoms with Gasteiger partial charge in [0.2, 0.25) is 0 Å². The molecule has 2 heteroatoms. The average Bonchev–Trinajstić information content (AvgIpc) is 2.99. The first kappa shape index (κ1) is 15.9. The van der Waals surface area contributed by atoms with E-state index in [1.54, 1.807) is 6.26 Å². The Morgan fingerprint density at radius 1 is 1.36 bits per heavy atom. The van der Waals surface area contributed by atoms with Crippen LogP contribution < -0.4 is 0 Å². The molecule has 0 aliphatic heterocycles. The summed E-state index contributed by atoms with van der Waals surface area (Å²) in [4.78, 5) is 0. The van der Waals surface area contributed by atoms with E-state index in [1.807, 2.05) is 6.26 Å². The lowest BCUT2D eigenvalue weighted by molar-refractivity contribution is -0.0858. The van der Waals surface area contributed by atoms with E-state index in [0.29, 0.717) is 23.9 Å². The molecule has 2 nitrogen and oxygen atoms in total. The third-order valence-corrected chi connectivity index (χ3v) is 6.81. The van der Waals surface area contributed by atoms with Crippen LogP contribution in [0, 0.1) is 22.7 Å². The number of aliphatic hydroxyl groups is 1. The van der Waals surface area contributed by atoms with Gasteiger partial charge in [-0.15, -0.1) is 0 Å². The summed E-state index contributed by atoms with van der Waals surface area (Å²) >= 11 is 0. The average molecular weight is 302 g/mol. The van der Waals surface area contributed by atoms with E-state index in [0.717, 1.165) is 19.3 Å². The molecule has 2 aliphatic rings. The van der Waals surface area contributed by atoms with Gasteiger partial charge >= 0.3 is 0 Å². The Hall–Kier alpha value is -1.02. The van der Waals surface area contributed by atoms with Crippen molar-refractivity contribution in [3.63, 3.8) is 0 Å². The summed E-state index contributed by atoms with van der Waals surface area (Å²) < 4.78 is 5.21. The molecule has 1 heterocycles. The number of aliphatic hydroxyl groups excluding tert-OH is 1. The zero-order valence-corrected chi connectivity index (χ0v) is 14.1. The standard InChI is InChI=1S/C20H30O2/c1-15-5-8-18-19(2,14-21)10-4-11-20(18,3)17(15)7-6-16-9-12-22-13-16/h9,12-13,17-18,21H,1,4-8,10-11,14H2,2-3H3/t17-,18-,19+,20-/m1/s1. The second-order valence-electron chi connectivity index (χ2n) is 8.14. The van der Waals surface area contributed by atoms with Gasteiger partial charge in [0, 0.05) is 6.61 Å². The lowest BCUT2D eigenvalue weighted by Gasteiger charge is -2.58. The molecule has 22 heavy (non-hydrogen) atoms. The first-order valence-corrected chi connectivity index (χ1v) is 8.79. The second kappa shape index (κ2) is 5.88. The van der Waals surface area contributed by atoms with Crippen LogP contribution in [0.3, 0.4) is 0 Å². The topological polar surface area (TPSA) is 33.4 Å². The zero-order chi connectivity index (χ0) is 15.8. The van der Waals surface area contributed by atoms with Gasteiger partial charge in [-0.25, -0.2) is 0 Å². The molecule has 0 radical (unpaired) electrons. The summed E-state index contributed by atoms with van der Waals surface area (Å²) in [5.41, 5.74) is 3.12. The lowest BCUT2D eigenvalue weighted by atomic mass is 9.47. The van der Waals surface area contributed by atoms with E-state index >= 15 is 0 Å². The summed E-state index contributed by atoms with van der Waals surface area (Å²) in [5, 5.41) is 10.0. The lowest BCUT2D eigenvalue weighted by Crippen LogP contribution is -2.51. The van der Waals surface area contributed by atoms with Gasteiger partial charge in [-0.3, -0.25) is 0 Å². The maximum absolute atomic E-state index is 10.0. The molecule has 0 amide bonds. The molecule has 122 valence electrons. The van der Waals surface area contributed by atoms with Gasteiger partial charge in [-0.2, -0.15) is 0 Å². The number of allylic oxidation sites excluding steroid dienone is 1. The monoisotopic (exact) mass is 302 g/mol. The molecular weight excluding hydrogens is 272 g/mol. The minimum Gasteiger partial charge on any atom is -0.472 e. The molecule has 0 saturated heterocycles. The summed E-state index contributed by atoms with van der Waals surface area (Å²) in [6, 6.07) is 2.07. The van der Waals surface area contributed by atoms with Crippen LogP contribution in [0.1, 0.15) is 57.9 Å². The highest BCUT2D eigenvalue weighted by atomic mass is 16.3. The molecule has 4 atom stereocenters. The number of hydrogen-bond donors (Lipinski definition) is 1. The molecule has 1 N–H and O–H groups in total. The van der Waals surface area contributed by atoms with E-state index in [-0.39, 0.29) is 5.41 Å². The predicted molar refractivity (Wildman–Crippen MR) is 89.5 cm³/mol. The smallest absolute Gasteiger partial charge is 0.0934 e. The van der Waals surface area contributed by atoms with E-state index < -0.39 is 0 Å². The molecular formula is C20H30O2. The molecule has 1 aromatic heterocycles. The fourth-order valence-corrected chi connectivity index (χ4v) is 5.55. The summed E-state index contributed by atoms with van der Waals surface area (Å²) in [6.07, 6.45) is 11.9. The first-order chi connectivity index (χ1) is 10.5. The molecule has 3 rings (SSSR count). The quantitative estimate of drug-likeness (QED) is 0.795. The third-order valence-electron chi connectivity index (χ3n) is 6.81. The Balaban J connectivity index is 1.82. The van der Waals surface area contributed by atoms with Crippen LogP contribution in [0.4, 0.5) is 0 Å². The van der Waals surface area contributed by atoms with Crippen molar-refractivity contribution in [1.29, 1.82) is 0 Å². The van der Waals surface area contributed by atoms with Gasteiger partial charge in [0.05, 0.1) is 12.5 Å². The zero-order valence-electron chi connectivity index (χ0n) is 14.1. The van der Waals surface area contributed by atoms with Gasteiger partial charge in [0.15, 0.2) is 0 Å². The van der Waals surface area contributed by atoms with Crippen molar-refractivity contribution in [2.24, 2.45) is 22.7 Å². The Labute approximate surface area is 134 Å². The largest absolute Gasteiger partial charge is 0.472 e. The Kier molecular flexibility index (Phi) is 4.24. The van der Waals surface area contributed by atoms with Crippen molar-refractivity contribution >= 4 is 0 Å². The van der Waals surface area contributed by atoms with Crippen LogP contribution in [0.5, 0.6) is 0 Å². The van der Waals surface area contributed by atoms with Crippen molar-refractivity contribution in [3.05, 3.63) is 36.3 Å². The molecule has 0 unspecified atom stereocenters. The maximum Gasteiger partial charge on any atom is 0.0934 e. The van der Waals surface area contributed by atoms with E-state index in [4.69, 9.17) is 4.42 Å². The van der Waals surface area contributed by atoms with Gasteiger partial charge in [-0.1, -0.05) is 32.4 Å². The normalized spacial score (nSPS) is 38.8. The Bertz CT molecular complexity index is 518. The highest BCUT2D eigenvalue weighted by molar-refractivity contribution is 5.17. The van der Waals surface area contributed by atoms with E-state index in [2.05, 4.69) is 26.5 Å². The van der Waals surface area contributed by atoms with Gasteiger partial charge in [0.1, 0.15) is 0 Å². The summed E-state index contributed by atoms with van der Waals surface area (Å²) in [5.74, 6) is 1.20. The van der Waals surface area contributed by atoms with Crippen molar-refractivity contribution in [1.82, 2.24) is 0 Å². The van der Waals surface area contributed by atoms with Gasteiger partial charge in [0.25, 0.3) is 0 Å². The summed E-state index contributed by atoms with van der Waals surface area (Å²) in [7, 11) is 0. The molecule has 1 aromatic rings. The van der Waals surface area contributed by atoms with Crippen molar-refractivity contribution in [2.45, 2.75) is 58.8 Å². The van der Waals surface area contributed by atoms with Gasteiger partial charge in [-0.05, 0) is 72.8 Å². The van der Waals surface area contributed by atoms with Crippen molar-refractivity contribution in [3.8, 4) is 0 Å². The molecule has 0 aromatic carbocycles. The SMILES string of the molecule is C=C1CC[C@@H]2[C@](C)(CO)CCC[C@]2(C)[C@@H]1CCc1ccoc1. The molecule has 2 fully saturated rings. The van der Waals surface area contributed by atoms with Crippen molar-refractivity contribution in [2.75, 3.05) is 6.61 Å². The van der Waals surface area contributed by atoms with Crippen LogP contribution in [-0.2, 0) is 6.42 Å². The predicted octanol–water partition coefficient (Wildman–Crippen LogP) is 4.98. The summed E-state index contributed by atoms with van der Waals surface area (Å²) in [6.45, 7) is 9.52. The van der Waals surface area contributed by atoms with Crippen LogP contribution in [-0.4, -0.2) is 11.7 Å². The van der Waals surface area contributed by atoms with Crippen LogP contribution in [0.2, 0.25) is 0 Å². The maximum atomic E-state index is 10.0. The number of furan rings is 1. The van der Waals surface area contributed by atoms with Crippen LogP contribution in [0.15, 0.2) is 35.2 Å². The third kappa shape index (κ3) is 2.56. The number of rotatable bonds is 4. The minimum absolute atomic E-state index is 0.0988. The van der Waals surface area contributed by atoms with E-state index in [1.165, 1.54) is 36.8 Å². The fraction of sp³-hybridized carbons (Fsp3) is 0.700. The van der Waals surface area contributed by atoms with E-state index in [9.17, 15) is 5.11 Å². The van der Waals surface area contributed by atoms with Crippen LogP contribution >= 0.6 is 0 Å². The second-order valence-corrected chi connectivity index (χ2v) is 8.14. The molecule has 2 aliphatic carbocycles.